The zero-order chi connectivity index (χ0) is 18.3. The number of benzene rings is 2. The van der Waals surface area contributed by atoms with Crippen LogP contribution in [0.5, 0.6) is 5.75 Å². The number of amides is 2. The van der Waals surface area contributed by atoms with Crippen LogP contribution in [0.15, 0.2) is 53.7 Å². The first-order valence-electron chi connectivity index (χ1n) is 9.46. The van der Waals surface area contributed by atoms with E-state index in [2.05, 4.69) is 17.3 Å². The summed E-state index contributed by atoms with van der Waals surface area (Å²) < 4.78 is 0. The Balaban J connectivity index is 1.38. The summed E-state index contributed by atoms with van der Waals surface area (Å²) in [5.74, 6) is 0.714. The minimum atomic E-state index is -0.255. The number of hydrogen-bond donors (Lipinski definition) is 1. The molecule has 2 aromatic carbocycles. The number of rotatable bonds is 2. The highest BCUT2D eigenvalue weighted by molar-refractivity contribution is 6.08. The molecule has 27 heavy (non-hydrogen) atoms. The van der Waals surface area contributed by atoms with Gasteiger partial charge in [-0.3, -0.25) is 9.59 Å². The van der Waals surface area contributed by atoms with Gasteiger partial charge in [-0.15, -0.1) is 0 Å². The third-order valence-electron chi connectivity index (χ3n) is 6.89. The maximum Gasteiger partial charge on any atom is 0.254 e. The predicted octanol–water partition coefficient (Wildman–Crippen LogP) is 2.93. The van der Waals surface area contributed by atoms with Crippen LogP contribution in [0.1, 0.15) is 12.0 Å². The standard InChI is InChI=1S/C22H18N2O3/c25-18-8-5-11-3-1-2-4-12(11)17(18)10-23-24-21(26)19-13-6-7-14(16-9-15(13)16)20(19)22(24)27/h1-8,10,13-16,19-20,25H,9H2/b23-10-/t13-,14-,15-,16-,19+,20+/m1/s1. The van der Waals surface area contributed by atoms with E-state index in [0.29, 0.717) is 17.4 Å². The van der Waals surface area contributed by atoms with Crippen LogP contribution in [-0.4, -0.2) is 28.1 Å². The van der Waals surface area contributed by atoms with Gasteiger partial charge in [-0.2, -0.15) is 10.1 Å². The summed E-state index contributed by atoms with van der Waals surface area (Å²) in [5, 5.41) is 17.4. The van der Waals surface area contributed by atoms with E-state index in [-0.39, 0.29) is 41.2 Å². The van der Waals surface area contributed by atoms with Crippen molar-refractivity contribution in [3.05, 3.63) is 54.1 Å². The number of carbonyl (C=O) groups excluding carboxylic acids is 2. The van der Waals surface area contributed by atoms with Gasteiger partial charge < -0.3 is 5.11 Å². The fourth-order valence-corrected chi connectivity index (χ4v) is 5.59. The molecule has 134 valence electrons. The molecule has 5 nitrogen and oxygen atoms in total. The van der Waals surface area contributed by atoms with Crippen molar-refractivity contribution in [3.63, 3.8) is 0 Å². The maximum atomic E-state index is 13.0. The third-order valence-corrected chi connectivity index (χ3v) is 6.89. The highest BCUT2D eigenvalue weighted by atomic mass is 16.3. The Hall–Kier alpha value is -2.95. The number of hydrogen-bond acceptors (Lipinski definition) is 4. The van der Waals surface area contributed by atoms with Gasteiger partial charge in [0, 0.05) is 5.56 Å². The first-order chi connectivity index (χ1) is 13.1. The van der Waals surface area contributed by atoms with Gasteiger partial charge >= 0.3 is 0 Å². The molecule has 5 heteroatoms. The van der Waals surface area contributed by atoms with Crippen molar-refractivity contribution in [1.82, 2.24) is 5.01 Å². The molecule has 6 atom stereocenters. The summed E-state index contributed by atoms with van der Waals surface area (Å²) in [7, 11) is 0. The number of nitrogens with zero attached hydrogens (tertiary/aromatic N) is 2. The molecule has 0 aromatic heterocycles. The summed E-state index contributed by atoms with van der Waals surface area (Å²) in [6, 6.07) is 11.1. The average molecular weight is 358 g/mol. The molecule has 1 saturated heterocycles. The second-order valence-electron chi connectivity index (χ2n) is 8.11. The molecular formula is C22H18N2O3. The Labute approximate surface area is 156 Å². The molecule has 1 heterocycles. The van der Waals surface area contributed by atoms with Crippen molar-refractivity contribution < 1.29 is 14.7 Å². The van der Waals surface area contributed by atoms with Gasteiger partial charge in [0.1, 0.15) is 5.75 Å². The first kappa shape index (κ1) is 15.1. The van der Waals surface area contributed by atoms with E-state index in [4.69, 9.17) is 0 Å². The Kier molecular flexibility index (Phi) is 2.84. The number of phenols is 1. The van der Waals surface area contributed by atoms with Crippen LogP contribution in [0.25, 0.3) is 10.8 Å². The monoisotopic (exact) mass is 358 g/mol. The number of imide groups is 1. The lowest BCUT2D eigenvalue weighted by Gasteiger charge is -2.37. The normalized spacial score (nSPS) is 35.9. The van der Waals surface area contributed by atoms with E-state index < -0.39 is 0 Å². The lowest BCUT2D eigenvalue weighted by Crippen LogP contribution is -2.40. The molecule has 2 bridgehead atoms. The number of fused-ring (bicyclic) bond motifs is 1. The Morgan fingerprint density at radius 2 is 1.63 bits per heavy atom. The van der Waals surface area contributed by atoms with E-state index >= 15 is 0 Å². The van der Waals surface area contributed by atoms with Gasteiger partial charge in [0.05, 0.1) is 18.1 Å². The van der Waals surface area contributed by atoms with Crippen molar-refractivity contribution in [3.8, 4) is 5.75 Å². The van der Waals surface area contributed by atoms with Crippen molar-refractivity contribution in [1.29, 1.82) is 0 Å². The quantitative estimate of drug-likeness (QED) is 0.510. The molecule has 3 fully saturated rings. The molecule has 7 rings (SSSR count). The van der Waals surface area contributed by atoms with Crippen molar-refractivity contribution in [2.75, 3.05) is 0 Å². The molecular weight excluding hydrogens is 340 g/mol. The van der Waals surface area contributed by atoms with Gasteiger partial charge in [-0.05, 0) is 46.9 Å². The van der Waals surface area contributed by atoms with Crippen molar-refractivity contribution in [2.24, 2.45) is 40.6 Å². The molecule has 2 amide bonds. The van der Waals surface area contributed by atoms with Crippen molar-refractivity contribution >= 4 is 28.8 Å². The van der Waals surface area contributed by atoms with Crippen LogP contribution in [-0.2, 0) is 9.59 Å². The molecule has 5 aliphatic rings. The van der Waals surface area contributed by atoms with Crippen LogP contribution in [0.3, 0.4) is 0 Å². The second kappa shape index (κ2) is 5.06. The molecule has 0 radical (unpaired) electrons. The SMILES string of the molecule is O=C1[C@H]2[C@@H]3C=C[C@H]([C@H]4C[C@H]34)[C@@H]2C(=O)N1/N=C\c1c(O)ccc2ccccc12. The minimum Gasteiger partial charge on any atom is -0.507 e. The van der Waals surface area contributed by atoms with E-state index in [1.54, 1.807) is 6.07 Å². The summed E-state index contributed by atoms with van der Waals surface area (Å²) in [6.07, 6.45) is 6.88. The second-order valence-corrected chi connectivity index (χ2v) is 8.11. The van der Waals surface area contributed by atoms with E-state index in [1.165, 1.54) is 6.21 Å². The fourth-order valence-electron chi connectivity index (χ4n) is 5.59. The average Bonchev–Trinajstić information content (AvgIpc) is 3.47. The third kappa shape index (κ3) is 1.91. The number of aromatic hydroxyl groups is 1. The first-order valence-corrected chi connectivity index (χ1v) is 9.46. The lowest BCUT2D eigenvalue weighted by molar-refractivity contribution is -0.140. The smallest absolute Gasteiger partial charge is 0.254 e. The van der Waals surface area contributed by atoms with Crippen LogP contribution < -0.4 is 0 Å². The molecule has 0 unspecified atom stereocenters. The molecule has 4 aliphatic carbocycles. The molecule has 2 aromatic rings. The minimum absolute atomic E-state index is 0.0805. The highest BCUT2D eigenvalue weighted by Gasteiger charge is 2.67. The van der Waals surface area contributed by atoms with Gasteiger partial charge in [-0.25, -0.2) is 0 Å². The van der Waals surface area contributed by atoms with Gasteiger partial charge in [0.15, 0.2) is 0 Å². The van der Waals surface area contributed by atoms with Gasteiger partial charge in [0.2, 0.25) is 0 Å². The zero-order valence-corrected chi connectivity index (χ0v) is 14.5. The molecule has 1 aliphatic heterocycles. The number of allylic oxidation sites excluding steroid dienone is 2. The topological polar surface area (TPSA) is 70.0 Å². The largest absolute Gasteiger partial charge is 0.507 e. The summed E-state index contributed by atoms with van der Waals surface area (Å²) >= 11 is 0. The Morgan fingerprint density at radius 1 is 0.963 bits per heavy atom. The lowest BCUT2D eigenvalue weighted by atomic mass is 9.63. The number of hydrazone groups is 1. The highest BCUT2D eigenvalue weighted by Crippen LogP contribution is 2.65. The summed E-state index contributed by atoms with van der Waals surface area (Å²) in [5.41, 5.74) is 0.521. The predicted molar refractivity (Wildman–Crippen MR) is 99.8 cm³/mol. The summed E-state index contributed by atoms with van der Waals surface area (Å²) in [6.45, 7) is 0. The number of carbonyl (C=O) groups is 2. The van der Waals surface area contributed by atoms with E-state index in [1.807, 2.05) is 30.3 Å². The maximum absolute atomic E-state index is 13.0. The van der Waals surface area contributed by atoms with Crippen molar-refractivity contribution in [2.45, 2.75) is 6.42 Å². The van der Waals surface area contributed by atoms with E-state index in [9.17, 15) is 14.7 Å². The Bertz CT molecular complexity index is 1040. The van der Waals surface area contributed by atoms with Crippen LogP contribution >= 0.6 is 0 Å². The van der Waals surface area contributed by atoms with Crippen LogP contribution in [0.4, 0.5) is 0 Å². The van der Waals surface area contributed by atoms with Crippen LogP contribution in [0.2, 0.25) is 0 Å². The van der Waals surface area contributed by atoms with Gasteiger partial charge in [-0.1, -0.05) is 42.5 Å². The van der Waals surface area contributed by atoms with E-state index in [0.717, 1.165) is 22.2 Å². The fraction of sp³-hybridized carbons (Fsp3) is 0.318. The number of phenolic OH excluding ortho intramolecular Hbond substituents is 1. The summed E-state index contributed by atoms with van der Waals surface area (Å²) in [4.78, 5) is 25.9. The Morgan fingerprint density at radius 3 is 2.33 bits per heavy atom. The van der Waals surface area contributed by atoms with Gasteiger partial charge in [0.25, 0.3) is 11.8 Å². The molecule has 1 N–H and O–H groups in total. The molecule has 0 spiro atoms. The molecule has 2 saturated carbocycles. The van der Waals surface area contributed by atoms with Crippen LogP contribution in [0, 0.1) is 35.5 Å². The zero-order valence-electron chi connectivity index (χ0n) is 14.5.